The van der Waals surface area contributed by atoms with Crippen LogP contribution in [0.5, 0.6) is 0 Å². The van der Waals surface area contributed by atoms with Crippen molar-refractivity contribution in [2.24, 2.45) is 0 Å². The van der Waals surface area contributed by atoms with Crippen LogP contribution < -0.4 is 0 Å². The van der Waals surface area contributed by atoms with E-state index in [1.54, 1.807) is 0 Å². The lowest BCUT2D eigenvalue weighted by Gasteiger charge is -2.09. The van der Waals surface area contributed by atoms with Crippen LogP contribution in [0.1, 0.15) is 45.6 Å². The van der Waals surface area contributed by atoms with Crippen LogP contribution in [0, 0.1) is 27.7 Å². The average Bonchev–Trinajstić information content (AvgIpc) is 3.99. The minimum absolute atomic E-state index is 0.837. The highest BCUT2D eigenvalue weighted by atomic mass is 14.8. The zero-order valence-electron chi connectivity index (χ0n) is 29.2. The smallest absolute Gasteiger partial charge is 0.0737 e. The van der Waals surface area contributed by atoms with Gasteiger partial charge in [-0.1, -0.05) is 24.3 Å². The molecule has 0 spiro atoms. The van der Waals surface area contributed by atoms with Gasteiger partial charge < -0.3 is 9.97 Å². The average molecular weight is 675 g/mol. The second-order valence-corrected chi connectivity index (χ2v) is 13.0. The van der Waals surface area contributed by atoms with Gasteiger partial charge in [0.15, 0.2) is 0 Å². The molecule has 7 aromatic heterocycles. The maximum Gasteiger partial charge on any atom is 0.0737 e. The molecule has 0 aromatic carbocycles. The zero-order chi connectivity index (χ0) is 35.3. The Morgan fingerprint density at radius 1 is 0.346 bits per heavy atom. The van der Waals surface area contributed by atoms with Crippen molar-refractivity contribution in [3.05, 3.63) is 143 Å². The van der Waals surface area contributed by atoms with Crippen molar-refractivity contribution in [2.75, 3.05) is 0 Å². The molecule has 9 rings (SSSR count). The topological polar surface area (TPSA) is 109 Å². The maximum absolute atomic E-state index is 5.38. The van der Waals surface area contributed by atoms with Gasteiger partial charge in [-0.2, -0.15) is 0 Å². The third kappa shape index (κ3) is 5.24. The molecule has 9 heterocycles. The first-order valence-electron chi connectivity index (χ1n) is 17.3. The predicted octanol–water partition coefficient (Wildman–Crippen LogP) is 10.1. The number of aromatic amines is 2. The van der Waals surface area contributed by atoms with Crippen LogP contribution in [0.25, 0.3) is 90.9 Å². The highest BCUT2D eigenvalue weighted by Crippen LogP contribution is 2.39. The Morgan fingerprint density at radius 2 is 0.596 bits per heavy atom. The molecular weight excluding hydrogens is 641 g/mol. The van der Waals surface area contributed by atoms with E-state index >= 15 is 0 Å². The number of nitrogens with one attached hydrogen (secondary N) is 2. The molecule has 52 heavy (non-hydrogen) atoms. The molecule has 8 nitrogen and oxygen atoms in total. The van der Waals surface area contributed by atoms with Gasteiger partial charge in [0.25, 0.3) is 0 Å². The highest BCUT2D eigenvalue weighted by Gasteiger charge is 2.21. The second kappa shape index (κ2) is 12.5. The first-order valence-corrected chi connectivity index (χ1v) is 17.3. The van der Waals surface area contributed by atoms with Crippen LogP contribution in [0.15, 0.2) is 97.6 Å². The lowest BCUT2D eigenvalue weighted by atomic mass is 10.0. The lowest BCUT2D eigenvalue weighted by Crippen LogP contribution is -1.94. The van der Waals surface area contributed by atoms with Gasteiger partial charge in [0.2, 0.25) is 0 Å². The maximum atomic E-state index is 5.38. The summed E-state index contributed by atoms with van der Waals surface area (Å²) in [6.45, 7) is 8.15. The molecule has 0 amide bonds. The van der Waals surface area contributed by atoms with Gasteiger partial charge in [-0.05, 0) is 101 Å². The number of pyridine rings is 4. The van der Waals surface area contributed by atoms with E-state index in [1.807, 2.05) is 76.7 Å². The Balaban J connectivity index is 1.51. The van der Waals surface area contributed by atoms with Gasteiger partial charge in [-0.25, -0.2) is 9.97 Å². The van der Waals surface area contributed by atoms with Gasteiger partial charge >= 0.3 is 0 Å². The standard InChI is InChI=1S/C44H34N8/c1-25-29(9-5-21-45-25)41-33-13-15-35(49-33)42(30-10-6-22-46-26(30)2)37-17-19-39(51-37)44(32-12-8-24-48-28(32)4)40-20-18-38(52-40)43(36-16-14-34(41)50-36)31-11-7-23-47-27(31)3/h5-24,49,52H,1-4H3. The van der Waals surface area contributed by atoms with Crippen molar-refractivity contribution in [1.29, 1.82) is 0 Å². The van der Waals surface area contributed by atoms with Crippen LogP contribution in [0.2, 0.25) is 0 Å². The SMILES string of the molecule is Cc1ncccc1-c1c2nc(c(-c3cccnc3C)c3ccc([nH]3)c(-c3cccnc3C)c3nc(c(-c4cccnc4C)c4ccc1[nH]4)C=C3)C=C2. The van der Waals surface area contributed by atoms with E-state index in [2.05, 4.69) is 103 Å². The van der Waals surface area contributed by atoms with Crippen molar-refractivity contribution in [3.8, 4) is 44.5 Å². The van der Waals surface area contributed by atoms with E-state index in [-0.39, 0.29) is 0 Å². The summed E-state index contributed by atoms with van der Waals surface area (Å²) in [5, 5.41) is 0. The Bertz CT molecular complexity index is 2430. The van der Waals surface area contributed by atoms with Gasteiger partial charge in [0.1, 0.15) is 0 Å². The molecule has 8 heteroatoms. The van der Waals surface area contributed by atoms with Crippen molar-refractivity contribution < 1.29 is 0 Å². The fraction of sp³-hybridized carbons (Fsp3) is 0.0909. The summed E-state index contributed by atoms with van der Waals surface area (Å²) >= 11 is 0. The summed E-state index contributed by atoms with van der Waals surface area (Å²) in [7, 11) is 0. The number of hydrogen-bond acceptors (Lipinski definition) is 6. The summed E-state index contributed by atoms with van der Waals surface area (Å²) in [5.74, 6) is 0. The molecule has 2 aliphatic heterocycles. The molecule has 0 fully saturated rings. The number of fused-ring (bicyclic) bond motifs is 8. The van der Waals surface area contributed by atoms with Gasteiger partial charge in [-0.15, -0.1) is 0 Å². The molecule has 8 bridgehead atoms. The van der Waals surface area contributed by atoms with E-state index in [9.17, 15) is 0 Å². The number of rotatable bonds is 4. The minimum Gasteiger partial charge on any atom is -0.354 e. The van der Waals surface area contributed by atoms with Crippen LogP contribution in [-0.2, 0) is 0 Å². The van der Waals surface area contributed by atoms with Crippen LogP contribution >= 0.6 is 0 Å². The van der Waals surface area contributed by atoms with Crippen LogP contribution in [0.3, 0.4) is 0 Å². The normalized spacial score (nSPS) is 12.1. The number of aromatic nitrogens is 8. The molecule has 250 valence electrons. The van der Waals surface area contributed by atoms with Gasteiger partial charge in [-0.3, -0.25) is 19.9 Å². The molecule has 0 saturated heterocycles. The highest BCUT2D eigenvalue weighted by molar-refractivity contribution is 6.00. The summed E-state index contributed by atoms with van der Waals surface area (Å²) in [5.41, 5.74) is 18.6. The van der Waals surface area contributed by atoms with Crippen LogP contribution in [0.4, 0.5) is 0 Å². The zero-order valence-corrected chi connectivity index (χ0v) is 29.2. The summed E-state index contributed by atoms with van der Waals surface area (Å²) in [4.78, 5) is 37.1. The Kier molecular flexibility index (Phi) is 7.51. The predicted molar refractivity (Wildman–Crippen MR) is 211 cm³/mol. The second-order valence-electron chi connectivity index (χ2n) is 13.0. The minimum atomic E-state index is 0.837. The molecule has 2 aliphatic rings. The van der Waals surface area contributed by atoms with E-state index in [1.165, 1.54) is 0 Å². The van der Waals surface area contributed by atoms with Crippen molar-refractivity contribution in [3.63, 3.8) is 0 Å². The molecule has 0 saturated carbocycles. The van der Waals surface area contributed by atoms with Crippen molar-refractivity contribution >= 4 is 46.4 Å². The number of hydrogen-bond donors (Lipinski definition) is 2. The first kappa shape index (κ1) is 31.2. The third-order valence-electron chi connectivity index (χ3n) is 9.86. The van der Waals surface area contributed by atoms with Crippen LogP contribution in [-0.4, -0.2) is 39.9 Å². The monoisotopic (exact) mass is 674 g/mol. The Hall–Kier alpha value is -6.80. The van der Waals surface area contributed by atoms with Gasteiger partial charge in [0.05, 0.1) is 22.8 Å². The quantitative estimate of drug-likeness (QED) is 0.192. The van der Waals surface area contributed by atoms with E-state index in [0.29, 0.717) is 0 Å². The Labute approximate surface area is 300 Å². The van der Waals surface area contributed by atoms with E-state index < -0.39 is 0 Å². The molecule has 0 radical (unpaired) electrons. The number of nitrogens with zero attached hydrogens (tertiary/aromatic N) is 6. The third-order valence-corrected chi connectivity index (χ3v) is 9.86. The summed E-state index contributed by atoms with van der Waals surface area (Å²) < 4.78 is 0. The first-order chi connectivity index (χ1) is 25.4. The molecule has 7 aromatic rings. The van der Waals surface area contributed by atoms with E-state index in [4.69, 9.17) is 9.97 Å². The molecule has 0 atom stereocenters. The molecule has 0 aliphatic carbocycles. The van der Waals surface area contributed by atoms with Gasteiger partial charge in [0, 0.05) is 114 Å². The Morgan fingerprint density at radius 3 is 0.827 bits per heavy atom. The van der Waals surface area contributed by atoms with E-state index in [0.717, 1.165) is 112 Å². The van der Waals surface area contributed by atoms with Crippen molar-refractivity contribution in [1.82, 2.24) is 39.9 Å². The molecule has 0 unspecified atom stereocenters. The summed E-state index contributed by atoms with van der Waals surface area (Å²) in [6.07, 6.45) is 15.7. The molecular formula is C44H34N8. The summed E-state index contributed by atoms with van der Waals surface area (Å²) in [6, 6.07) is 24.8. The molecule has 2 N–H and O–H groups in total. The fourth-order valence-electron chi connectivity index (χ4n) is 7.33. The fourth-order valence-corrected chi connectivity index (χ4v) is 7.33. The van der Waals surface area contributed by atoms with Crippen molar-refractivity contribution in [2.45, 2.75) is 27.7 Å². The number of aryl methyl sites for hydroxylation is 4. The lowest BCUT2D eigenvalue weighted by molar-refractivity contribution is 1.19. The number of H-pyrrole nitrogens is 2. The largest absolute Gasteiger partial charge is 0.354 e.